The predicted molar refractivity (Wildman–Crippen MR) is 103 cm³/mol. The first kappa shape index (κ1) is 17.4. The van der Waals surface area contributed by atoms with Crippen molar-refractivity contribution in [2.45, 2.75) is 26.9 Å². The van der Waals surface area contributed by atoms with E-state index in [2.05, 4.69) is 32.4 Å². The second kappa shape index (κ2) is 6.96. The van der Waals surface area contributed by atoms with Crippen LogP contribution in [0.4, 0.5) is 5.82 Å². The molecule has 0 saturated carbocycles. The van der Waals surface area contributed by atoms with E-state index in [1.807, 2.05) is 55.1 Å². The summed E-state index contributed by atoms with van der Waals surface area (Å²) < 4.78 is 3.42. The van der Waals surface area contributed by atoms with Crippen LogP contribution in [0.5, 0.6) is 0 Å². The minimum absolute atomic E-state index is 0.618. The second-order valence-corrected chi connectivity index (χ2v) is 6.88. The molecule has 0 aliphatic heterocycles. The molecule has 0 radical (unpaired) electrons. The molecular formula is C18H19ClN8. The van der Waals surface area contributed by atoms with Gasteiger partial charge in [-0.1, -0.05) is 29.8 Å². The smallest absolute Gasteiger partial charge is 0.200 e. The van der Waals surface area contributed by atoms with Gasteiger partial charge in [0.2, 0.25) is 0 Å². The maximum Gasteiger partial charge on any atom is 0.200 e. The first-order chi connectivity index (χ1) is 13.0. The highest BCUT2D eigenvalue weighted by Crippen LogP contribution is 2.21. The number of benzene rings is 1. The van der Waals surface area contributed by atoms with Gasteiger partial charge >= 0.3 is 0 Å². The summed E-state index contributed by atoms with van der Waals surface area (Å²) in [6, 6.07) is 11.6. The van der Waals surface area contributed by atoms with Crippen molar-refractivity contribution in [2.75, 3.05) is 11.9 Å². The lowest BCUT2D eigenvalue weighted by Crippen LogP contribution is -2.19. The molecule has 0 aliphatic rings. The maximum atomic E-state index is 6.30. The molecule has 27 heavy (non-hydrogen) atoms. The molecule has 3 heterocycles. The summed E-state index contributed by atoms with van der Waals surface area (Å²) in [4.78, 5) is 2.05. The topological polar surface area (TPSA) is 77.0 Å². The average molecular weight is 383 g/mol. The molecule has 8 nitrogen and oxygen atoms in total. The molecule has 0 unspecified atom stereocenters. The van der Waals surface area contributed by atoms with Crippen LogP contribution in [-0.2, 0) is 13.1 Å². The number of halogens is 1. The van der Waals surface area contributed by atoms with Gasteiger partial charge in [0.1, 0.15) is 0 Å². The molecule has 0 amide bonds. The highest BCUT2D eigenvalue weighted by atomic mass is 35.5. The number of aromatic nitrogens is 7. The number of fused-ring (bicyclic) bond motifs is 1. The highest BCUT2D eigenvalue weighted by molar-refractivity contribution is 6.31. The predicted octanol–water partition coefficient (Wildman–Crippen LogP) is 2.67. The minimum Gasteiger partial charge on any atom is -0.354 e. The standard InChI is InChI=1S/C18H19ClN8/c1-12-15(11-25(3)18-9-8-17-20-23-24-27(17)22-18)13(2)26(21-12)10-14-6-4-5-7-16(14)19/h4-9H,10-11H2,1-3H3. The number of rotatable bonds is 5. The van der Waals surface area contributed by atoms with E-state index in [1.165, 1.54) is 10.2 Å². The fourth-order valence-electron chi connectivity index (χ4n) is 3.07. The quantitative estimate of drug-likeness (QED) is 0.528. The number of anilines is 1. The van der Waals surface area contributed by atoms with Crippen LogP contribution in [0.15, 0.2) is 36.4 Å². The van der Waals surface area contributed by atoms with Crippen molar-refractivity contribution in [3.8, 4) is 0 Å². The van der Waals surface area contributed by atoms with E-state index in [0.29, 0.717) is 18.7 Å². The number of hydrogen-bond acceptors (Lipinski definition) is 6. The van der Waals surface area contributed by atoms with E-state index in [-0.39, 0.29) is 0 Å². The first-order valence-corrected chi connectivity index (χ1v) is 8.93. The number of aryl methyl sites for hydroxylation is 1. The highest BCUT2D eigenvalue weighted by Gasteiger charge is 2.16. The summed E-state index contributed by atoms with van der Waals surface area (Å²) in [5.74, 6) is 0.785. The molecule has 9 heteroatoms. The number of hydrogen-bond donors (Lipinski definition) is 0. The lowest BCUT2D eigenvalue weighted by atomic mass is 10.2. The molecule has 0 bridgehead atoms. The average Bonchev–Trinajstić information content (AvgIpc) is 3.23. The maximum absolute atomic E-state index is 6.30. The van der Waals surface area contributed by atoms with Crippen molar-refractivity contribution in [1.82, 2.24) is 35.0 Å². The lowest BCUT2D eigenvalue weighted by molar-refractivity contribution is 0.657. The second-order valence-electron chi connectivity index (χ2n) is 6.47. The molecular weight excluding hydrogens is 364 g/mol. The van der Waals surface area contributed by atoms with Gasteiger partial charge in [-0.15, -0.1) is 14.8 Å². The third-order valence-electron chi connectivity index (χ3n) is 4.65. The van der Waals surface area contributed by atoms with Crippen LogP contribution in [0.2, 0.25) is 5.02 Å². The first-order valence-electron chi connectivity index (χ1n) is 8.56. The van der Waals surface area contributed by atoms with E-state index < -0.39 is 0 Å². The molecule has 1 aromatic carbocycles. The van der Waals surface area contributed by atoms with Gasteiger partial charge in [-0.2, -0.15) is 5.10 Å². The van der Waals surface area contributed by atoms with Crippen molar-refractivity contribution in [1.29, 1.82) is 0 Å². The van der Waals surface area contributed by atoms with E-state index >= 15 is 0 Å². The largest absolute Gasteiger partial charge is 0.354 e. The van der Waals surface area contributed by atoms with Crippen LogP contribution in [0, 0.1) is 13.8 Å². The molecule has 0 N–H and O–H groups in total. The van der Waals surface area contributed by atoms with E-state index in [9.17, 15) is 0 Å². The van der Waals surface area contributed by atoms with Gasteiger partial charge in [0.05, 0.1) is 12.2 Å². The molecule has 0 fully saturated rings. The van der Waals surface area contributed by atoms with Gasteiger partial charge in [-0.25, -0.2) is 0 Å². The van der Waals surface area contributed by atoms with Crippen LogP contribution in [0.3, 0.4) is 0 Å². The molecule has 0 aliphatic carbocycles. The summed E-state index contributed by atoms with van der Waals surface area (Å²) in [6.45, 7) is 5.43. The Balaban J connectivity index is 1.58. The normalized spacial score (nSPS) is 11.3. The Morgan fingerprint density at radius 2 is 1.89 bits per heavy atom. The Labute approximate surface area is 161 Å². The molecule has 3 aromatic heterocycles. The summed E-state index contributed by atoms with van der Waals surface area (Å²) in [6.07, 6.45) is 0. The van der Waals surface area contributed by atoms with Crippen molar-refractivity contribution in [3.05, 3.63) is 63.9 Å². The zero-order chi connectivity index (χ0) is 19.0. The Morgan fingerprint density at radius 3 is 2.70 bits per heavy atom. The molecule has 4 rings (SSSR count). The fraction of sp³-hybridized carbons (Fsp3) is 0.278. The fourth-order valence-corrected chi connectivity index (χ4v) is 3.26. The van der Waals surface area contributed by atoms with Gasteiger partial charge in [0.25, 0.3) is 0 Å². The van der Waals surface area contributed by atoms with Crippen LogP contribution in [0.25, 0.3) is 5.65 Å². The summed E-state index contributed by atoms with van der Waals surface area (Å²) >= 11 is 6.30. The van der Waals surface area contributed by atoms with Gasteiger partial charge in [-0.05, 0) is 48.0 Å². The van der Waals surface area contributed by atoms with Crippen molar-refractivity contribution in [3.63, 3.8) is 0 Å². The molecule has 0 spiro atoms. The van der Waals surface area contributed by atoms with Gasteiger partial charge in [0.15, 0.2) is 11.5 Å². The van der Waals surface area contributed by atoms with Crippen molar-refractivity contribution in [2.24, 2.45) is 0 Å². The molecule has 0 atom stereocenters. The van der Waals surface area contributed by atoms with Gasteiger partial charge in [0, 0.05) is 29.9 Å². The summed E-state index contributed by atoms with van der Waals surface area (Å²) in [5, 5.41) is 21.3. The minimum atomic E-state index is 0.618. The zero-order valence-corrected chi connectivity index (χ0v) is 16.1. The summed E-state index contributed by atoms with van der Waals surface area (Å²) in [5.41, 5.74) is 4.95. The lowest BCUT2D eigenvalue weighted by Gasteiger charge is -2.18. The monoisotopic (exact) mass is 382 g/mol. The van der Waals surface area contributed by atoms with Crippen molar-refractivity contribution >= 4 is 23.1 Å². The van der Waals surface area contributed by atoms with E-state index in [4.69, 9.17) is 16.7 Å². The van der Waals surface area contributed by atoms with Crippen molar-refractivity contribution < 1.29 is 0 Å². The van der Waals surface area contributed by atoms with Crippen LogP contribution < -0.4 is 4.90 Å². The Bertz CT molecular complexity index is 1100. The molecule has 4 aromatic rings. The zero-order valence-electron chi connectivity index (χ0n) is 15.3. The summed E-state index contributed by atoms with van der Waals surface area (Å²) in [7, 11) is 1.99. The molecule has 0 saturated heterocycles. The molecule has 138 valence electrons. The number of tetrazole rings is 1. The SMILES string of the molecule is Cc1nn(Cc2ccccc2Cl)c(C)c1CN(C)c1ccc2nnnn2n1. The Kier molecular flexibility index (Phi) is 4.49. The Hall–Kier alpha value is -3.00. The van der Waals surface area contributed by atoms with Crippen LogP contribution in [0.1, 0.15) is 22.5 Å². The van der Waals surface area contributed by atoms with Crippen LogP contribution in [-0.4, -0.2) is 42.1 Å². The third kappa shape index (κ3) is 3.35. The third-order valence-corrected chi connectivity index (χ3v) is 5.02. The Morgan fingerprint density at radius 1 is 1.07 bits per heavy atom. The van der Waals surface area contributed by atoms with Gasteiger partial charge in [-0.3, -0.25) is 4.68 Å². The van der Waals surface area contributed by atoms with Crippen LogP contribution >= 0.6 is 11.6 Å². The number of nitrogens with zero attached hydrogens (tertiary/aromatic N) is 8. The van der Waals surface area contributed by atoms with E-state index in [0.717, 1.165) is 27.8 Å². The van der Waals surface area contributed by atoms with E-state index in [1.54, 1.807) is 0 Å². The van der Waals surface area contributed by atoms with Gasteiger partial charge < -0.3 is 4.90 Å².